The first kappa shape index (κ1) is 13.8. The Morgan fingerprint density at radius 2 is 2.00 bits per heavy atom. The molecule has 1 heterocycles. The van der Waals surface area contributed by atoms with Crippen molar-refractivity contribution in [1.82, 2.24) is 5.32 Å². The maximum Gasteiger partial charge on any atom is 0.0314 e. The molecule has 0 spiro atoms. The lowest BCUT2D eigenvalue weighted by molar-refractivity contribution is 0.549. The lowest BCUT2D eigenvalue weighted by atomic mass is 10.1. The maximum absolute atomic E-state index is 3.58. The summed E-state index contributed by atoms with van der Waals surface area (Å²) in [6.07, 6.45) is 1.08. The molecule has 0 bridgehead atoms. The largest absolute Gasteiger partial charge is 0.309 e. The normalized spacial score (nSPS) is 12.6. The predicted molar refractivity (Wildman–Crippen MR) is 83.2 cm³/mol. The first-order chi connectivity index (χ1) is 8.65. The van der Waals surface area contributed by atoms with Crippen LogP contribution < -0.4 is 5.32 Å². The van der Waals surface area contributed by atoms with Crippen LogP contribution in [0.4, 0.5) is 0 Å². The number of benzene rings is 1. The number of halogens is 1. The van der Waals surface area contributed by atoms with E-state index in [9.17, 15) is 0 Å². The van der Waals surface area contributed by atoms with E-state index in [1.807, 2.05) is 11.3 Å². The third kappa shape index (κ3) is 3.94. The molecule has 0 fully saturated rings. The second-order valence-corrected chi connectivity index (χ2v) is 6.78. The molecule has 1 nitrogen and oxygen atoms in total. The molecule has 2 aromatic rings. The summed E-state index contributed by atoms with van der Waals surface area (Å²) in [5, 5.41) is 3.58. The third-order valence-electron chi connectivity index (χ3n) is 2.92. The van der Waals surface area contributed by atoms with E-state index in [2.05, 4.69) is 71.5 Å². The quantitative estimate of drug-likeness (QED) is 0.851. The van der Waals surface area contributed by atoms with Crippen molar-refractivity contribution in [2.45, 2.75) is 32.9 Å². The molecule has 0 radical (unpaired) electrons. The van der Waals surface area contributed by atoms with Gasteiger partial charge in [0.2, 0.25) is 0 Å². The molecule has 0 saturated heterocycles. The van der Waals surface area contributed by atoms with Crippen LogP contribution in [0.25, 0.3) is 0 Å². The lowest BCUT2D eigenvalue weighted by Gasteiger charge is -2.13. The van der Waals surface area contributed by atoms with E-state index in [1.54, 1.807) is 0 Å². The van der Waals surface area contributed by atoms with Gasteiger partial charge in [-0.15, -0.1) is 11.3 Å². The number of rotatable bonds is 5. The Hall–Kier alpha value is -0.640. The molecule has 3 heteroatoms. The fourth-order valence-electron chi connectivity index (χ4n) is 1.92. The van der Waals surface area contributed by atoms with Gasteiger partial charge in [-0.25, -0.2) is 0 Å². The number of thiophene rings is 1. The van der Waals surface area contributed by atoms with Crippen LogP contribution in [0.1, 0.15) is 22.2 Å². The lowest BCUT2D eigenvalue weighted by Crippen LogP contribution is -2.27. The van der Waals surface area contributed by atoms with Crippen molar-refractivity contribution < 1.29 is 0 Å². The molecule has 1 aromatic carbocycles. The number of aryl methyl sites for hydroxylation is 1. The summed E-state index contributed by atoms with van der Waals surface area (Å²) >= 11 is 5.41. The molecule has 0 aliphatic carbocycles. The highest BCUT2D eigenvalue weighted by Crippen LogP contribution is 2.26. The van der Waals surface area contributed by atoms with Gasteiger partial charge in [0.15, 0.2) is 0 Å². The molecular weight excluding hydrogens is 306 g/mol. The molecule has 1 aromatic heterocycles. The minimum absolute atomic E-state index is 0.494. The zero-order valence-electron chi connectivity index (χ0n) is 10.7. The highest BCUT2D eigenvalue weighted by Gasteiger charge is 2.06. The molecule has 0 aliphatic heterocycles. The fourth-order valence-corrected chi connectivity index (χ4v) is 3.47. The second kappa shape index (κ2) is 6.50. The Balaban J connectivity index is 1.83. The Bertz CT molecular complexity index is 473. The van der Waals surface area contributed by atoms with Gasteiger partial charge in [0.05, 0.1) is 0 Å². The fraction of sp³-hybridized carbons (Fsp3) is 0.333. The van der Waals surface area contributed by atoms with Gasteiger partial charge in [0, 0.05) is 26.8 Å². The van der Waals surface area contributed by atoms with Crippen molar-refractivity contribution in [3.8, 4) is 0 Å². The zero-order valence-corrected chi connectivity index (χ0v) is 13.1. The van der Waals surface area contributed by atoms with Crippen molar-refractivity contribution in [2.24, 2.45) is 0 Å². The highest BCUT2D eigenvalue weighted by atomic mass is 79.9. The number of nitrogens with one attached hydrogen (secondary N) is 1. The standard InChI is InChI=1S/C15H18BrNS/c1-11(8-13-6-4-3-5-7-13)17-10-14-9-15(16)12(2)18-14/h3-7,9,11,17H,8,10H2,1-2H3. The van der Waals surface area contributed by atoms with E-state index in [1.165, 1.54) is 19.8 Å². The van der Waals surface area contributed by atoms with Crippen LogP contribution in [0.2, 0.25) is 0 Å². The Morgan fingerprint density at radius 3 is 2.61 bits per heavy atom. The number of hydrogen-bond donors (Lipinski definition) is 1. The van der Waals surface area contributed by atoms with E-state index in [-0.39, 0.29) is 0 Å². The second-order valence-electron chi connectivity index (χ2n) is 4.59. The van der Waals surface area contributed by atoms with Crippen LogP contribution in [0, 0.1) is 6.92 Å². The van der Waals surface area contributed by atoms with E-state index < -0.39 is 0 Å². The Kier molecular flexibility index (Phi) is 4.98. The SMILES string of the molecule is Cc1sc(CNC(C)Cc2ccccc2)cc1Br. The van der Waals surface area contributed by atoms with Crippen molar-refractivity contribution in [1.29, 1.82) is 0 Å². The highest BCUT2D eigenvalue weighted by molar-refractivity contribution is 9.10. The summed E-state index contributed by atoms with van der Waals surface area (Å²) in [6, 6.07) is 13.3. The van der Waals surface area contributed by atoms with Gasteiger partial charge in [-0.3, -0.25) is 0 Å². The maximum atomic E-state index is 3.58. The van der Waals surface area contributed by atoms with E-state index in [4.69, 9.17) is 0 Å². The molecule has 18 heavy (non-hydrogen) atoms. The van der Waals surface area contributed by atoms with Gasteiger partial charge in [-0.1, -0.05) is 30.3 Å². The van der Waals surface area contributed by atoms with Gasteiger partial charge in [-0.05, 0) is 47.8 Å². The van der Waals surface area contributed by atoms with Crippen LogP contribution >= 0.6 is 27.3 Å². The smallest absolute Gasteiger partial charge is 0.0314 e. The van der Waals surface area contributed by atoms with Gasteiger partial charge in [0.1, 0.15) is 0 Å². The zero-order chi connectivity index (χ0) is 13.0. The minimum atomic E-state index is 0.494. The van der Waals surface area contributed by atoms with Crippen LogP contribution in [0.3, 0.4) is 0 Å². The summed E-state index contributed by atoms with van der Waals surface area (Å²) in [4.78, 5) is 2.74. The summed E-state index contributed by atoms with van der Waals surface area (Å²) in [5.74, 6) is 0. The molecule has 0 aliphatic rings. The predicted octanol–water partition coefficient (Wildman–Crippen LogP) is 4.54. The monoisotopic (exact) mass is 323 g/mol. The van der Waals surface area contributed by atoms with Crippen molar-refractivity contribution >= 4 is 27.3 Å². The molecule has 0 amide bonds. The van der Waals surface area contributed by atoms with Gasteiger partial charge in [0.25, 0.3) is 0 Å². The van der Waals surface area contributed by atoms with Crippen molar-refractivity contribution in [3.63, 3.8) is 0 Å². The number of hydrogen-bond acceptors (Lipinski definition) is 2. The molecule has 1 unspecified atom stereocenters. The Morgan fingerprint density at radius 1 is 1.28 bits per heavy atom. The summed E-state index contributed by atoms with van der Waals surface area (Å²) in [7, 11) is 0. The molecule has 96 valence electrons. The van der Waals surface area contributed by atoms with E-state index in [0.29, 0.717) is 6.04 Å². The minimum Gasteiger partial charge on any atom is -0.309 e. The van der Waals surface area contributed by atoms with Gasteiger partial charge < -0.3 is 5.32 Å². The third-order valence-corrected chi connectivity index (χ3v) is 5.05. The molecular formula is C15H18BrNS. The molecule has 2 rings (SSSR count). The van der Waals surface area contributed by atoms with Crippen LogP contribution in [-0.4, -0.2) is 6.04 Å². The van der Waals surface area contributed by atoms with Crippen LogP contribution in [0.5, 0.6) is 0 Å². The molecule has 1 atom stereocenters. The van der Waals surface area contributed by atoms with Crippen LogP contribution in [-0.2, 0) is 13.0 Å². The molecule has 0 saturated carbocycles. The van der Waals surface area contributed by atoms with Crippen LogP contribution in [0.15, 0.2) is 40.9 Å². The molecule has 1 N–H and O–H groups in total. The Labute approximate surface area is 121 Å². The van der Waals surface area contributed by atoms with Gasteiger partial charge in [-0.2, -0.15) is 0 Å². The first-order valence-electron chi connectivity index (χ1n) is 6.17. The van der Waals surface area contributed by atoms with Crippen molar-refractivity contribution in [2.75, 3.05) is 0 Å². The summed E-state index contributed by atoms with van der Waals surface area (Å²) in [6.45, 7) is 5.33. The average Bonchev–Trinajstić information content (AvgIpc) is 2.68. The summed E-state index contributed by atoms with van der Waals surface area (Å²) in [5.41, 5.74) is 1.39. The van der Waals surface area contributed by atoms with Gasteiger partial charge >= 0.3 is 0 Å². The topological polar surface area (TPSA) is 12.0 Å². The van der Waals surface area contributed by atoms with Crippen molar-refractivity contribution in [3.05, 3.63) is 56.2 Å². The van der Waals surface area contributed by atoms with E-state index in [0.717, 1.165) is 13.0 Å². The summed E-state index contributed by atoms with van der Waals surface area (Å²) < 4.78 is 1.22. The van der Waals surface area contributed by atoms with E-state index >= 15 is 0 Å². The average molecular weight is 324 g/mol. The first-order valence-corrected chi connectivity index (χ1v) is 7.78.